The molecular formula is C29H21N5. The van der Waals surface area contributed by atoms with Crippen LogP contribution in [0, 0.1) is 20.1 Å². The first kappa shape index (κ1) is 21.1. The van der Waals surface area contributed by atoms with Gasteiger partial charge >= 0.3 is 0 Å². The molecular weight excluding hydrogens is 418 g/mol. The average Bonchev–Trinajstić information content (AvgIpc) is 3.24. The Balaban J connectivity index is 1.95. The Hall–Kier alpha value is -4.74. The fraction of sp³-hybridized carbons (Fsp3) is 0.103. The van der Waals surface area contributed by atoms with Crippen molar-refractivity contribution in [2.24, 2.45) is 0 Å². The summed E-state index contributed by atoms with van der Waals surface area (Å²) in [5.41, 5.74) is 7.36. The van der Waals surface area contributed by atoms with Gasteiger partial charge < -0.3 is 0 Å². The maximum absolute atomic E-state index is 8.13. The van der Waals surface area contributed by atoms with Crippen molar-refractivity contribution in [1.82, 2.24) is 14.8 Å². The van der Waals surface area contributed by atoms with E-state index in [2.05, 4.69) is 28.7 Å². The van der Waals surface area contributed by atoms with E-state index in [1.54, 1.807) is 6.07 Å². The lowest BCUT2D eigenvalue weighted by Crippen LogP contribution is -1.99. The Bertz CT molecular complexity index is 1600. The van der Waals surface area contributed by atoms with Gasteiger partial charge in [0.25, 0.3) is 0 Å². The minimum Gasteiger partial charge on any atom is -0.240 e. The standard InChI is InChI=1S/C29H21N5/c1-5-20-15-17-21(18-16-20)27-28(31-4)26(23-13-9-10-14-24(23)30-3)25-19(2)33-34(29(25)32-27)22-11-7-6-8-12-22/h6-18H,5H2,1-2H3. The maximum atomic E-state index is 8.13. The van der Waals surface area contributed by atoms with E-state index in [9.17, 15) is 0 Å². The average molecular weight is 440 g/mol. The third-order valence-electron chi connectivity index (χ3n) is 6.01. The summed E-state index contributed by atoms with van der Waals surface area (Å²) in [6, 6.07) is 25.5. The number of hydrogen-bond acceptors (Lipinski definition) is 2. The number of nitrogens with zero attached hydrogens (tertiary/aromatic N) is 5. The van der Waals surface area contributed by atoms with Crippen LogP contribution in [0.25, 0.3) is 48.8 Å². The summed E-state index contributed by atoms with van der Waals surface area (Å²) in [7, 11) is 0. The molecule has 2 aromatic heterocycles. The zero-order valence-electron chi connectivity index (χ0n) is 18.9. The molecule has 2 heterocycles. The van der Waals surface area contributed by atoms with Crippen LogP contribution >= 0.6 is 0 Å². The summed E-state index contributed by atoms with van der Waals surface area (Å²) >= 11 is 0. The monoisotopic (exact) mass is 439 g/mol. The molecule has 34 heavy (non-hydrogen) atoms. The first-order valence-electron chi connectivity index (χ1n) is 11.1. The van der Waals surface area contributed by atoms with Gasteiger partial charge in [-0.3, -0.25) is 0 Å². The van der Waals surface area contributed by atoms with E-state index in [0.717, 1.165) is 34.3 Å². The second kappa shape index (κ2) is 8.65. The van der Waals surface area contributed by atoms with Gasteiger partial charge in [0.15, 0.2) is 11.3 Å². The van der Waals surface area contributed by atoms with Crippen molar-refractivity contribution in [2.45, 2.75) is 20.3 Å². The third kappa shape index (κ3) is 3.41. The molecule has 5 nitrogen and oxygen atoms in total. The maximum Gasteiger partial charge on any atom is 0.220 e. The summed E-state index contributed by atoms with van der Waals surface area (Å²) in [6.07, 6.45) is 0.937. The van der Waals surface area contributed by atoms with Gasteiger partial charge in [0.2, 0.25) is 5.69 Å². The van der Waals surface area contributed by atoms with Gasteiger partial charge in [0.1, 0.15) is 0 Å². The Morgan fingerprint density at radius 3 is 2.24 bits per heavy atom. The minimum atomic E-state index is 0.434. The zero-order chi connectivity index (χ0) is 23.7. The fourth-order valence-corrected chi connectivity index (χ4v) is 4.31. The molecule has 0 radical (unpaired) electrons. The number of rotatable bonds is 4. The number of para-hydroxylation sites is 2. The van der Waals surface area contributed by atoms with Crippen LogP contribution in [0.3, 0.4) is 0 Å². The number of pyridine rings is 1. The third-order valence-corrected chi connectivity index (χ3v) is 6.01. The highest BCUT2D eigenvalue weighted by atomic mass is 15.3. The van der Waals surface area contributed by atoms with Gasteiger partial charge in [-0.1, -0.05) is 73.7 Å². The Morgan fingerprint density at radius 1 is 0.853 bits per heavy atom. The van der Waals surface area contributed by atoms with Crippen LogP contribution in [-0.4, -0.2) is 14.8 Å². The largest absolute Gasteiger partial charge is 0.240 e. The molecule has 0 aliphatic rings. The molecule has 162 valence electrons. The van der Waals surface area contributed by atoms with Crippen LogP contribution in [0.5, 0.6) is 0 Å². The van der Waals surface area contributed by atoms with E-state index in [1.807, 2.05) is 72.3 Å². The van der Waals surface area contributed by atoms with Crippen LogP contribution in [0.2, 0.25) is 0 Å². The topological polar surface area (TPSA) is 39.4 Å². The molecule has 5 heteroatoms. The van der Waals surface area contributed by atoms with E-state index in [4.69, 9.17) is 23.2 Å². The molecule has 0 saturated heterocycles. The highest BCUT2D eigenvalue weighted by molar-refractivity contribution is 6.08. The van der Waals surface area contributed by atoms with Crippen molar-refractivity contribution < 1.29 is 0 Å². The summed E-state index contributed by atoms with van der Waals surface area (Å²) in [5, 5.41) is 5.60. The van der Waals surface area contributed by atoms with Gasteiger partial charge in [-0.25, -0.2) is 19.4 Å². The summed E-state index contributed by atoms with van der Waals surface area (Å²) in [5.74, 6) is 0. The molecule has 0 aliphatic heterocycles. The first-order chi connectivity index (χ1) is 16.7. The molecule has 0 atom stereocenters. The van der Waals surface area contributed by atoms with E-state index >= 15 is 0 Å². The predicted octanol–water partition coefficient (Wildman–Crippen LogP) is 7.73. The summed E-state index contributed by atoms with van der Waals surface area (Å²) in [6.45, 7) is 19.9. The Labute approximate surface area is 198 Å². The van der Waals surface area contributed by atoms with Crippen molar-refractivity contribution in [1.29, 1.82) is 0 Å². The van der Waals surface area contributed by atoms with Crippen molar-refractivity contribution in [3.05, 3.63) is 113 Å². The van der Waals surface area contributed by atoms with Crippen LogP contribution in [-0.2, 0) is 6.42 Å². The lowest BCUT2D eigenvalue weighted by Gasteiger charge is -2.14. The van der Waals surface area contributed by atoms with Crippen LogP contribution in [0.1, 0.15) is 18.2 Å². The molecule has 0 amide bonds. The SMILES string of the molecule is [C-]#[N+]c1ccccc1-c1c([N+]#[C-])c(-c2ccc(CC)cc2)nc2c1c(C)nn2-c1ccccc1. The van der Waals surface area contributed by atoms with Gasteiger partial charge in [-0.2, -0.15) is 5.10 Å². The number of benzene rings is 3. The Kier molecular flexibility index (Phi) is 5.38. The second-order valence-corrected chi connectivity index (χ2v) is 8.01. The van der Waals surface area contributed by atoms with E-state index in [-0.39, 0.29) is 0 Å². The van der Waals surface area contributed by atoms with E-state index < -0.39 is 0 Å². The molecule has 0 N–H and O–H groups in total. The van der Waals surface area contributed by atoms with Gasteiger partial charge in [-0.05, 0) is 47.7 Å². The Morgan fingerprint density at radius 2 is 1.56 bits per heavy atom. The van der Waals surface area contributed by atoms with Crippen LogP contribution in [0.4, 0.5) is 11.4 Å². The zero-order valence-corrected chi connectivity index (χ0v) is 18.9. The molecule has 0 spiro atoms. The van der Waals surface area contributed by atoms with Gasteiger partial charge in [-0.15, -0.1) is 0 Å². The minimum absolute atomic E-state index is 0.434. The van der Waals surface area contributed by atoms with E-state index in [0.29, 0.717) is 28.3 Å². The van der Waals surface area contributed by atoms with Crippen LogP contribution in [0.15, 0.2) is 78.9 Å². The lowest BCUT2D eigenvalue weighted by molar-refractivity contribution is 0.878. The summed E-state index contributed by atoms with van der Waals surface area (Å²) in [4.78, 5) is 12.7. The smallest absolute Gasteiger partial charge is 0.220 e. The number of hydrogen-bond donors (Lipinski definition) is 0. The van der Waals surface area contributed by atoms with Gasteiger partial charge in [0, 0.05) is 5.39 Å². The van der Waals surface area contributed by atoms with Crippen LogP contribution < -0.4 is 0 Å². The van der Waals surface area contributed by atoms with Crippen molar-refractivity contribution in [3.63, 3.8) is 0 Å². The van der Waals surface area contributed by atoms with E-state index in [1.165, 1.54) is 5.56 Å². The number of fused-ring (bicyclic) bond motifs is 1. The molecule has 0 saturated carbocycles. The molecule has 0 fully saturated rings. The molecule has 5 aromatic rings. The normalized spacial score (nSPS) is 10.7. The molecule has 5 rings (SSSR count). The highest BCUT2D eigenvalue weighted by Gasteiger charge is 2.24. The molecule has 0 aliphatic carbocycles. The number of aromatic nitrogens is 3. The second-order valence-electron chi connectivity index (χ2n) is 8.01. The fourth-order valence-electron chi connectivity index (χ4n) is 4.31. The lowest BCUT2D eigenvalue weighted by atomic mass is 9.95. The summed E-state index contributed by atoms with van der Waals surface area (Å²) < 4.78 is 1.83. The van der Waals surface area contributed by atoms with Gasteiger partial charge in [0.05, 0.1) is 30.2 Å². The highest BCUT2D eigenvalue weighted by Crippen LogP contribution is 2.46. The molecule has 0 bridgehead atoms. The quantitative estimate of drug-likeness (QED) is 0.269. The first-order valence-corrected chi connectivity index (χ1v) is 11.1. The molecule has 3 aromatic carbocycles. The van der Waals surface area contributed by atoms with Crippen molar-refractivity contribution in [3.8, 4) is 28.1 Å². The van der Waals surface area contributed by atoms with Crippen molar-refractivity contribution in [2.75, 3.05) is 0 Å². The van der Waals surface area contributed by atoms with Crippen molar-refractivity contribution >= 4 is 22.4 Å². The predicted molar refractivity (Wildman–Crippen MR) is 136 cm³/mol. The molecule has 0 unspecified atom stereocenters. The number of aryl methyl sites for hydroxylation is 2.